The standard InChI is InChI=1S/C17H13ClN2O4/c1-23-17-13(14(18)5-6-15(17)20(21)22)10-24-16-4-2-3-11-9-19-8-7-12(11)16/h2-9H,10H2,1H3. The first-order valence-electron chi connectivity index (χ1n) is 7.07. The minimum atomic E-state index is -0.512. The Bertz CT molecular complexity index is 909. The zero-order chi connectivity index (χ0) is 17.1. The van der Waals surface area contributed by atoms with Crippen molar-refractivity contribution >= 4 is 28.1 Å². The monoisotopic (exact) mass is 344 g/mol. The molecule has 1 heterocycles. The summed E-state index contributed by atoms with van der Waals surface area (Å²) in [7, 11) is 1.37. The van der Waals surface area contributed by atoms with Crippen molar-refractivity contribution in [3.8, 4) is 11.5 Å². The predicted molar refractivity (Wildman–Crippen MR) is 90.7 cm³/mol. The molecule has 0 aliphatic heterocycles. The molecule has 0 fully saturated rings. The van der Waals surface area contributed by atoms with Crippen molar-refractivity contribution in [1.29, 1.82) is 0 Å². The van der Waals surface area contributed by atoms with Gasteiger partial charge in [0.1, 0.15) is 12.4 Å². The van der Waals surface area contributed by atoms with Crippen molar-refractivity contribution in [2.45, 2.75) is 6.61 Å². The Labute approximate surface area is 142 Å². The van der Waals surface area contributed by atoms with Gasteiger partial charge in [-0.05, 0) is 18.2 Å². The van der Waals surface area contributed by atoms with Gasteiger partial charge in [-0.1, -0.05) is 23.7 Å². The molecular weight excluding hydrogens is 332 g/mol. The molecule has 0 saturated carbocycles. The van der Waals surface area contributed by atoms with Gasteiger partial charge < -0.3 is 9.47 Å². The van der Waals surface area contributed by atoms with Crippen LogP contribution in [0.5, 0.6) is 11.5 Å². The van der Waals surface area contributed by atoms with Crippen molar-refractivity contribution in [1.82, 2.24) is 4.98 Å². The van der Waals surface area contributed by atoms with E-state index in [9.17, 15) is 10.1 Å². The van der Waals surface area contributed by atoms with Crippen LogP contribution in [0.2, 0.25) is 5.02 Å². The van der Waals surface area contributed by atoms with E-state index in [-0.39, 0.29) is 18.0 Å². The van der Waals surface area contributed by atoms with E-state index in [4.69, 9.17) is 21.1 Å². The summed E-state index contributed by atoms with van der Waals surface area (Å²) in [5.41, 5.74) is 0.280. The van der Waals surface area contributed by atoms with Gasteiger partial charge in [0, 0.05) is 29.2 Å². The summed E-state index contributed by atoms with van der Waals surface area (Å²) in [4.78, 5) is 14.7. The first-order chi connectivity index (χ1) is 11.6. The molecule has 24 heavy (non-hydrogen) atoms. The highest BCUT2D eigenvalue weighted by atomic mass is 35.5. The van der Waals surface area contributed by atoms with Gasteiger partial charge in [-0.25, -0.2) is 0 Å². The van der Waals surface area contributed by atoms with E-state index in [1.165, 1.54) is 19.2 Å². The lowest BCUT2D eigenvalue weighted by molar-refractivity contribution is -0.385. The van der Waals surface area contributed by atoms with Crippen molar-refractivity contribution < 1.29 is 14.4 Å². The first kappa shape index (κ1) is 16.0. The molecular formula is C17H13ClN2O4. The number of rotatable bonds is 5. The molecule has 0 spiro atoms. The maximum Gasteiger partial charge on any atom is 0.311 e. The summed E-state index contributed by atoms with van der Waals surface area (Å²) in [6, 6.07) is 10.2. The van der Waals surface area contributed by atoms with Crippen LogP contribution in [0.4, 0.5) is 5.69 Å². The predicted octanol–water partition coefficient (Wildman–Crippen LogP) is 4.38. The maximum atomic E-state index is 11.1. The second-order valence-corrected chi connectivity index (χ2v) is 5.38. The Kier molecular flexibility index (Phi) is 4.48. The lowest BCUT2D eigenvalue weighted by atomic mass is 10.1. The Balaban J connectivity index is 1.97. The van der Waals surface area contributed by atoms with Crippen LogP contribution in [0.15, 0.2) is 48.8 Å². The van der Waals surface area contributed by atoms with Crippen LogP contribution in [-0.2, 0) is 6.61 Å². The third-order valence-electron chi connectivity index (χ3n) is 3.60. The lowest BCUT2D eigenvalue weighted by Gasteiger charge is -2.13. The van der Waals surface area contributed by atoms with Crippen LogP contribution in [0, 0.1) is 10.1 Å². The Morgan fingerprint density at radius 1 is 1.25 bits per heavy atom. The molecule has 0 radical (unpaired) electrons. The van der Waals surface area contributed by atoms with Gasteiger partial charge in [-0.3, -0.25) is 15.1 Å². The summed E-state index contributed by atoms with van der Waals surface area (Å²) >= 11 is 6.18. The van der Waals surface area contributed by atoms with E-state index in [1.54, 1.807) is 12.4 Å². The summed E-state index contributed by atoms with van der Waals surface area (Å²) in [6.07, 6.45) is 3.42. The number of hydrogen-bond acceptors (Lipinski definition) is 5. The van der Waals surface area contributed by atoms with Gasteiger partial charge in [-0.2, -0.15) is 0 Å². The number of nitro groups is 1. The SMILES string of the molecule is COc1c([N+](=O)[O-])ccc(Cl)c1COc1cccc2cnccc12. The van der Waals surface area contributed by atoms with E-state index in [0.29, 0.717) is 16.3 Å². The number of pyridine rings is 1. The quantitative estimate of drug-likeness (QED) is 0.507. The van der Waals surface area contributed by atoms with E-state index in [2.05, 4.69) is 4.98 Å². The average Bonchev–Trinajstić information content (AvgIpc) is 2.60. The topological polar surface area (TPSA) is 74.5 Å². The highest BCUT2D eigenvalue weighted by molar-refractivity contribution is 6.31. The van der Waals surface area contributed by atoms with E-state index < -0.39 is 4.92 Å². The highest BCUT2D eigenvalue weighted by Gasteiger charge is 2.21. The fourth-order valence-electron chi connectivity index (χ4n) is 2.47. The number of ether oxygens (including phenoxy) is 2. The molecule has 1 aromatic heterocycles. The van der Waals surface area contributed by atoms with Gasteiger partial charge in [0.25, 0.3) is 0 Å². The number of hydrogen-bond donors (Lipinski definition) is 0. The molecule has 0 atom stereocenters. The number of nitro benzene ring substituents is 1. The third-order valence-corrected chi connectivity index (χ3v) is 3.95. The maximum absolute atomic E-state index is 11.1. The smallest absolute Gasteiger partial charge is 0.311 e. The molecule has 0 aliphatic carbocycles. The average molecular weight is 345 g/mol. The van der Waals surface area contributed by atoms with Crippen molar-refractivity contribution in [3.05, 3.63) is 69.5 Å². The number of halogens is 1. The second-order valence-electron chi connectivity index (χ2n) is 4.98. The number of nitrogens with zero attached hydrogens (tertiary/aromatic N) is 2. The molecule has 0 saturated heterocycles. The second kappa shape index (κ2) is 6.72. The van der Waals surface area contributed by atoms with Crippen LogP contribution in [0.25, 0.3) is 10.8 Å². The summed E-state index contributed by atoms with van der Waals surface area (Å²) in [5.74, 6) is 0.744. The normalized spacial score (nSPS) is 10.6. The van der Waals surface area contributed by atoms with Crippen molar-refractivity contribution in [2.75, 3.05) is 7.11 Å². The van der Waals surface area contributed by atoms with E-state index in [1.807, 2.05) is 24.3 Å². The van der Waals surface area contributed by atoms with Crippen molar-refractivity contribution in [2.24, 2.45) is 0 Å². The number of aromatic nitrogens is 1. The molecule has 0 unspecified atom stereocenters. The lowest BCUT2D eigenvalue weighted by Crippen LogP contribution is -2.03. The summed E-state index contributed by atoms with van der Waals surface area (Å²) in [6.45, 7) is 0.0467. The third kappa shape index (κ3) is 2.96. The molecule has 3 aromatic rings. The van der Waals surface area contributed by atoms with Gasteiger partial charge in [-0.15, -0.1) is 0 Å². The minimum Gasteiger partial charge on any atom is -0.490 e. The first-order valence-corrected chi connectivity index (χ1v) is 7.45. The molecule has 6 nitrogen and oxygen atoms in total. The fraction of sp³-hybridized carbons (Fsp3) is 0.118. The minimum absolute atomic E-state index is 0.0467. The molecule has 0 N–H and O–H groups in total. The van der Waals surface area contributed by atoms with Gasteiger partial charge in [0.2, 0.25) is 5.75 Å². The summed E-state index contributed by atoms with van der Waals surface area (Å²) < 4.78 is 11.0. The molecule has 7 heteroatoms. The number of fused-ring (bicyclic) bond motifs is 1. The van der Waals surface area contributed by atoms with Crippen LogP contribution in [0.1, 0.15) is 5.56 Å². The Morgan fingerprint density at radius 3 is 2.83 bits per heavy atom. The van der Waals surface area contributed by atoms with Gasteiger partial charge >= 0.3 is 5.69 Å². The van der Waals surface area contributed by atoms with Crippen molar-refractivity contribution in [3.63, 3.8) is 0 Å². The van der Waals surface area contributed by atoms with Crippen LogP contribution in [-0.4, -0.2) is 17.0 Å². The zero-order valence-corrected chi connectivity index (χ0v) is 13.5. The molecule has 2 aromatic carbocycles. The van der Waals surface area contributed by atoms with E-state index >= 15 is 0 Å². The van der Waals surface area contributed by atoms with Gasteiger partial charge in [0.15, 0.2) is 0 Å². The summed E-state index contributed by atoms with van der Waals surface area (Å²) in [5, 5.41) is 13.3. The fourth-order valence-corrected chi connectivity index (χ4v) is 2.67. The molecule has 0 bridgehead atoms. The Hall–Kier alpha value is -2.86. The highest BCUT2D eigenvalue weighted by Crippen LogP contribution is 2.36. The number of methoxy groups -OCH3 is 1. The van der Waals surface area contributed by atoms with Crippen LogP contribution in [0.3, 0.4) is 0 Å². The zero-order valence-electron chi connectivity index (χ0n) is 12.7. The van der Waals surface area contributed by atoms with Gasteiger partial charge in [0.05, 0.1) is 22.6 Å². The largest absolute Gasteiger partial charge is 0.490 e. The number of benzene rings is 2. The molecule has 0 amide bonds. The van der Waals surface area contributed by atoms with Crippen LogP contribution >= 0.6 is 11.6 Å². The Morgan fingerprint density at radius 2 is 2.08 bits per heavy atom. The molecule has 122 valence electrons. The molecule has 3 rings (SSSR count). The van der Waals surface area contributed by atoms with Crippen LogP contribution < -0.4 is 9.47 Å². The molecule has 0 aliphatic rings. The van der Waals surface area contributed by atoms with E-state index in [0.717, 1.165) is 10.8 Å².